The number of hydrogen-bond acceptors (Lipinski definition) is 2. The Morgan fingerprint density at radius 1 is 0.609 bits per heavy atom. The van der Waals surface area contributed by atoms with Gasteiger partial charge in [-0.1, -0.05) is 13.8 Å². The van der Waals surface area contributed by atoms with E-state index in [1.807, 2.05) is 0 Å². The van der Waals surface area contributed by atoms with Crippen LogP contribution in [0.2, 0.25) is 0 Å². The van der Waals surface area contributed by atoms with E-state index in [4.69, 9.17) is 9.47 Å². The van der Waals surface area contributed by atoms with Crippen molar-refractivity contribution in [2.75, 3.05) is 0 Å². The summed E-state index contributed by atoms with van der Waals surface area (Å²) < 4.78 is 12.9. The largest absolute Gasteiger partial charge is 0.375 e. The van der Waals surface area contributed by atoms with Crippen LogP contribution in [0.3, 0.4) is 0 Å². The number of rotatable bonds is 4. The molecule has 23 heavy (non-hydrogen) atoms. The lowest BCUT2D eigenvalue weighted by atomic mass is 9.87. The molecule has 0 aromatic rings. The Hall–Kier alpha value is 0.350. The molecule has 134 valence electrons. The van der Waals surface area contributed by atoms with Crippen molar-refractivity contribution in [1.29, 1.82) is 0 Å². The van der Waals surface area contributed by atoms with Gasteiger partial charge in [0.2, 0.25) is 0 Å². The van der Waals surface area contributed by atoms with Gasteiger partial charge < -0.3 is 9.47 Å². The van der Waals surface area contributed by atoms with Crippen LogP contribution >= 0.6 is 9.24 Å². The molecular weight excluding hydrogens is 303 g/mol. The maximum absolute atomic E-state index is 6.47. The summed E-state index contributed by atoms with van der Waals surface area (Å²) in [5.74, 6) is 1.79. The number of ether oxygens (including phenoxy) is 2. The highest BCUT2D eigenvalue weighted by molar-refractivity contribution is 7.17. The molecule has 0 saturated heterocycles. The highest BCUT2D eigenvalue weighted by atomic mass is 31.0. The fourth-order valence-electron chi connectivity index (χ4n) is 4.76. The fraction of sp³-hybridized carbons (Fsp3) is 1.00. The Morgan fingerprint density at radius 3 is 1.65 bits per heavy atom. The summed E-state index contributed by atoms with van der Waals surface area (Å²) in [6, 6.07) is 0. The van der Waals surface area contributed by atoms with Gasteiger partial charge in [-0.25, -0.2) is 0 Å². The Kier molecular flexibility index (Phi) is 6.81. The van der Waals surface area contributed by atoms with Crippen LogP contribution in [0.5, 0.6) is 0 Å². The zero-order chi connectivity index (χ0) is 16.2. The molecule has 3 heteroatoms. The molecule has 0 aliphatic heterocycles. The second-order valence-electron chi connectivity index (χ2n) is 8.67. The third-order valence-corrected chi connectivity index (χ3v) is 7.13. The van der Waals surface area contributed by atoms with Crippen LogP contribution in [0, 0.1) is 11.8 Å². The van der Waals surface area contributed by atoms with Crippen molar-refractivity contribution >= 4 is 9.24 Å². The predicted molar refractivity (Wildman–Crippen MR) is 99.9 cm³/mol. The normalized spacial score (nSPS) is 45.8. The first-order valence-corrected chi connectivity index (χ1v) is 10.8. The van der Waals surface area contributed by atoms with E-state index in [1.54, 1.807) is 0 Å². The molecule has 0 amide bonds. The van der Waals surface area contributed by atoms with Crippen LogP contribution in [-0.2, 0) is 9.47 Å². The van der Waals surface area contributed by atoms with Crippen LogP contribution in [0.4, 0.5) is 0 Å². The smallest absolute Gasteiger partial charge is 0.0641 e. The molecule has 3 aliphatic rings. The third-order valence-electron chi connectivity index (χ3n) is 6.43. The van der Waals surface area contributed by atoms with Gasteiger partial charge in [0, 0.05) is 5.66 Å². The highest BCUT2D eigenvalue weighted by Gasteiger charge is 2.31. The Morgan fingerprint density at radius 2 is 1.09 bits per heavy atom. The summed E-state index contributed by atoms with van der Waals surface area (Å²) in [6.45, 7) is 4.76. The van der Waals surface area contributed by atoms with Crippen molar-refractivity contribution in [3.05, 3.63) is 0 Å². The Bertz CT molecular complexity index is 346. The van der Waals surface area contributed by atoms with Crippen molar-refractivity contribution in [1.82, 2.24) is 0 Å². The molecule has 4 atom stereocenters. The Balaban J connectivity index is 1.35. The summed E-state index contributed by atoms with van der Waals surface area (Å²) in [5.41, 5.74) is 0.664. The molecule has 0 N–H and O–H groups in total. The zero-order valence-corrected chi connectivity index (χ0v) is 16.4. The van der Waals surface area contributed by atoms with E-state index in [-0.39, 0.29) is 0 Å². The minimum atomic E-state index is 0.485. The van der Waals surface area contributed by atoms with Crippen LogP contribution < -0.4 is 0 Å². The molecule has 0 bridgehead atoms. The lowest BCUT2D eigenvalue weighted by Gasteiger charge is -2.38. The van der Waals surface area contributed by atoms with Crippen molar-refractivity contribution in [2.24, 2.45) is 11.8 Å². The molecule has 0 spiro atoms. The van der Waals surface area contributed by atoms with Gasteiger partial charge in [0.1, 0.15) is 0 Å². The first kappa shape index (κ1) is 18.2. The van der Waals surface area contributed by atoms with Crippen molar-refractivity contribution in [3.63, 3.8) is 0 Å². The van der Waals surface area contributed by atoms with Gasteiger partial charge in [-0.15, -0.1) is 9.24 Å². The maximum atomic E-state index is 6.47. The quantitative estimate of drug-likeness (QED) is 0.643. The summed E-state index contributed by atoms with van der Waals surface area (Å²) in [6.07, 6.45) is 16.1. The van der Waals surface area contributed by atoms with E-state index in [2.05, 4.69) is 23.1 Å². The fourth-order valence-corrected chi connectivity index (χ4v) is 5.50. The molecule has 3 fully saturated rings. The first-order chi connectivity index (χ1) is 11.1. The lowest BCUT2D eigenvalue weighted by Crippen LogP contribution is -2.37. The molecule has 3 rings (SSSR count). The summed E-state index contributed by atoms with van der Waals surface area (Å²) in [4.78, 5) is 0. The van der Waals surface area contributed by atoms with Gasteiger partial charge in [0.05, 0.1) is 24.4 Å². The Labute approximate surface area is 145 Å². The van der Waals surface area contributed by atoms with Crippen molar-refractivity contribution < 1.29 is 9.47 Å². The van der Waals surface area contributed by atoms with Crippen molar-refractivity contribution in [3.8, 4) is 0 Å². The molecule has 0 radical (unpaired) electrons. The van der Waals surface area contributed by atoms with Crippen LogP contribution in [0.25, 0.3) is 0 Å². The van der Waals surface area contributed by atoms with E-state index in [1.165, 1.54) is 70.6 Å². The maximum Gasteiger partial charge on any atom is 0.0641 e. The van der Waals surface area contributed by atoms with Gasteiger partial charge in [-0.2, -0.15) is 0 Å². The topological polar surface area (TPSA) is 18.5 Å². The van der Waals surface area contributed by atoms with E-state index < -0.39 is 0 Å². The minimum absolute atomic E-state index is 0.485. The highest BCUT2D eigenvalue weighted by Crippen LogP contribution is 2.35. The minimum Gasteiger partial charge on any atom is -0.375 e. The molecule has 2 nitrogen and oxygen atoms in total. The standard InChI is InChI=1S/C20H37O2P/c1-14-3-6-16(7-4-14)21-17-8-10-18(11-9-17)22-19-12-5-15(2)13-20(19)23/h14-20H,3-13,23H2,1-2H3. The van der Waals surface area contributed by atoms with Crippen LogP contribution in [0.15, 0.2) is 0 Å². The van der Waals surface area contributed by atoms with Crippen LogP contribution in [0.1, 0.15) is 84.5 Å². The monoisotopic (exact) mass is 340 g/mol. The van der Waals surface area contributed by atoms with Gasteiger partial charge in [-0.3, -0.25) is 0 Å². The van der Waals surface area contributed by atoms with E-state index in [0.29, 0.717) is 30.1 Å². The van der Waals surface area contributed by atoms with Crippen molar-refractivity contribution in [2.45, 2.75) is 115 Å². The molecule has 3 saturated carbocycles. The van der Waals surface area contributed by atoms with E-state index >= 15 is 0 Å². The molecule has 0 aromatic heterocycles. The summed E-state index contributed by atoms with van der Waals surface area (Å²) in [5, 5.41) is 0. The van der Waals surface area contributed by atoms with E-state index in [9.17, 15) is 0 Å². The summed E-state index contributed by atoms with van der Waals surface area (Å²) in [7, 11) is 3.04. The average Bonchev–Trinajstić information content (AvgIpc) is 2.54. The number of hydrogen-bond donors (Lipinski definition) is 0. The molecule has 0 heterocycles. The molecular formula is C20H37O2P. The molecule has 0 aromatic carbocycles. The second-order valence-corrected chi connectivity index (χ2v) is 9.53. The lowest BCUT2D eigenvalue weighted by molar-refractivity contribution is -0.0940. The van der Waals surface area contributed by atoms with Crippen LogP contribution in [-0.4, -0.2) is 30.1 Å². The SMILES string of the molecule is CC1CCC(OC2CCC(OC3CCC(C)CC3P)CC2)CC1. The second kappa shape index (κ2) is 8.63. The predicted octanol–water partition coefficient (Wildman–Crippen LogP) is 5.34. The van der Waals surface area contributed by atoms with Gasteiger partial charge >= 0.3 is 0 Å². The third kappa shape index (κ3) is 5.41. The molecule has 3 aliphatic carbocycles. The van der Waals surface area contributed by atoms with Gasteiger partial charge in [0.25, 0.3) is 0 Å². The molecule has 4 unspecified atom stereocenters. The van der Waals surface area contributed by atoms with Gasteiger partial charge in [0.15, 0.2) is 0 Å². The average molecular weight is 340 g/mol. The van der Waals surface area contributed by atoms with Gasteiger partial charge in [-0.05, 0) is 82.5 Å². The van der Waals surface area contributed by atoms with E-state index in [0.717, 1.165) is 11.8 Å². The summed E-state index contributed by atoms with van der Waals surface area (Å²) >= 11 is 0. The zero-order valence-electron chi connectivity index (χ0n) is 15.2. The first-order valence-electron chi connectivity index (χ1n) is 10.2.